The van der Waals surface area contributed by atoms with Crippen molar-refractivity contribution < 1.29 is 9.18 Å². The van der Waals surface area contributed by atoms with Gasteiger partial charge in [0.1, 0.15) is 10.7 Å². The van der Waals surface area contributed by atoms with E-state index in [2.05, 4.69) is 11.2 Å². The van der Waals surface area contributed by atoms with Gasteiger partial charge in [0.25, 0.3) is 5.91 Å². The molecule has 3 nitrogen and oxygen atoms in total. The number of terminal acetylenes is 1. The fraction of sp³-hybridized carbons (Fsp3) is 0.214. The number of rotatable bonds is 2. The Balaban J connectivity index is 2.48. The van der Waals surface area contributed by atoms with Gasteiger partial charge in [-0.05, 0) is 26.0 Å². The number of carbonyl (C=O) groups is 1. The zero-order chi connectivity index (χ0) is 14.2. The normalized spacial score (nSPS) is 11.3. The summed E-state index contributed by atoms with van der Waals surface area (Å²) < 4.78 is 14.3. The smallest absolute Gasteiger partial charge is 0.264 e. The Morgan fingerprint density at radius 2 is 2.21 bits per heavy atom. The van der Waals surface area contributed by atoms with Gasteiger partial charge in [-0.1, -0.05) is 12.0 Å². The van der Waals surface area contributed by atoms with Gasteiger partial charge in [0, 0.05) is 4.70 Å². The highest BCUT2D eigenvalue weighted by atomic mass is 32.1. The second-order valence-corrected chi connectivity index (χ2v) is 5.73. The molecule has 0 spiro atoms. The van der Waals surface area contributed by atoms with E-state index < -0.39 is 11.4 Å². The van der Waals surface area contributed by atoms with Crippen molar-refractivity contribution in [2.45, 2.75) is 19.4 Å². The van der Waals surface area contributed by atoms with E-state index in [0.717, 1.165) is 11.3 Å². The first-order chi connectivity index (χ1) is 8.85. The molecule has 1 aromatic heterocycles. The third-order valence-corrected chi connectivity index (χ3v) is 3.86. The van der Waals surface area contributed by atoms with E-state index >= 15 is 0 Å². The summed E-state index contributed by atoms with van der Waals surface area (Å²) in [4.78, 5) is 12.4. The summed E-state index contributed by atoms with van der Waals surface area (Å²) in [5, 5.41) is 2.96. The Hall–Kier alpha value is -2.06. The summed E-state index contributed by atoms with van der Waals surface area (Å²) in [6.07, 6.45) is 5.32. The van der Waals surface area contributed by atoms with Crippen molar-refractivity contribution >= 4 is 33.0 Å². The molecule has 0 atom stereocenters. The third kappa shape index (κ3) is 2.40. The zero-order valence-corrected chi connectivity index (χ0v) is 11.4. The molecule has 0 bridgehead atoms. The topological polar surface area (TPSA) is 55.1 Å². The van der Waals surface area contributed by atoms with E-state index in [-0.39, 0.29) is 21.9 Å². The second-order valence-electron chi connectivity index (χ2n) is 4.68. The van der Waals surface area contributed by atoms with Crippen LogP contribution in [0, 0.1) is 18.2 Å². The van der Waals surface area contributed by atoms with E-state index in [1.807, 2.05) is 0 Å². The zero-order valence-electron chi connectivity index (χ0n) is 10.6. The number of amides is 1. The molecule has 0 saturated heterocycles. The van der Waals surface area contributed by atoms with Crippen LogP contribution in [0.4, 0.5) is 10.1 Å². The van der Waals surface area contributed by atoms with Gasteiger partial charge in [-0.3, -0.25) is 4.79 Å². The highest BCUT2D eigenvalue weighted by molar-refractivity contribution is 7.21. The van der Waals surface area contributed by atoms with Gasteiger partial charge in [-0.25, -0.2) is 4.39 Å². The van der Waals surface area contributed by atoms with Gasteiger partial charge in [0.05, 0.1) is 16.6 Å². The highest BCUT2D eigenvalue weighted by Crippen LogP contribution is 2.35. The highest BCUT2D eigenvalue weighted by Gasteiger charge is 2.23. The van der Waals surface area contributed by atoms with Crippen LogP contribution in [0.2, 0.25) is 0 Å². The Morgan fingerprint density at radius 3 is 2.79 bits per heavy atom. The predicted octanol–water partition coefficient (Wildman–Crippen LogP) is 2.76. The molecule has 5 heteroatoms. The molecule has 0 aliphatic rings. The monoisotopic (exact) mass is 276 g/mol. The fourth-order valence-corrected chi connectivity index (χ4v) is 2.71. The van der Waals surface area contributed by atoms with E-state index in [1.165, 1.54) is 6.07 Å². The fourth-order valence-electron chi connectivity index (χ4n) is 1.67. The number of fused-ring (bicyclic) bond motifs is 1. The number of nitrogen functional groups attached to an aromatic ring is 1. The van der Waals surface area contributed by atoms with Crippen LogP contribution in [-0.4, -0.2) is 11.4 Å². The van der Waals surface area contributed by atoms with Crippen molar-refractivity contribution in [2.75, 3.05) is 5.73 Å². The van der Waals surface area contributed by atoms with E-state index in [4.69, 9.17) is 12.2 Å². The van der Waals surface area contributed by atoms with Crippen LogP contribution in [-0.2, 0) is 0 Å². The van der Waals surface area contributed by atoms with Crippen LogP contribution in [0.25, 0.3) is 10.1 Å². The van der Waals surface area contributed by atoms with Crippen LogP contribution in [0.15, 0.2) is 18.2 Å². The first kappa shape index (κ1) is 13.4. The Kier molecular flexibility index (Phi) is 3.21. The SMILES string of the molecule is C#CC(C)(C)NC(=O)c1sc2cccc(F)c2c1N. The second kappa shape index (κ2) is 4.56. The van der Waals surface area contributed by atoms with E-state index in [9.17, 15) is 9.18 Å². The number of thiophene rings is 1. The molecule has 0 fully saturated rings. The number of hydrogen-bond donors (Lipinski definition) is 2. The minimum Gasteiger partial charge on any atom is -0.397 e. The van der Waals surface area contributed by atoms with Gasteiger partial charge < -0.3 is 11.1 Å². The predicted molar refractivity (Wildman–Crippen MR) is 76.6 cm³/mol. The van der Waals surface area contributed by atoms with Crippen molar-refractivity contribution in [3.63, 3.8) is 0 Å². The van der Waals surface area contributed by atoms with Crippen molar-refractivity contribution in [1.82, 2.24) is 5.32 Å². The van der Waals surface area contributed by atoms with Gasteiger partial charge in [0.15, 0.2) is 0 Å². The summed E-state index contributed by atoms with van der Waals surface area (Å²) in [6, 6.07) is 4.63. The van der Waals surface area contributed by atoms with Gasteiger partial charge in [-0.15, -0.1) is 17.8 Å². The number of nitrogens with one attached hydrogen (secondary N) is 1. The largest absolute Gasteiger partial charge is 0.397 e. The lowest BCUT2D eigenvalue weighted by Crippen LogP contribution is -2.41. The number of hydrogen-bond acceptors (Lipinski definition) is 3. The van der Waals surface area contributed by atoms with Crippen LogP contribution in [0.3, 0.4) is 0 Å². The maximum absolute atomic E-state index is 13.7. The van der Waals surface area contributed by atoms with Crippen LogP contribution in [0.5, 0.6) is 0 Å². The minimum absolute atomic E-state index is 0.156. The van der Waals surface area contributed by atoms with Crippen LogP contribution >= 0.6 is 11.3 Å². The molecule has 19 heavy (non-hydrogen) atoms. The molecule has 1 amide bonds. The molecule has 2 rings (SSSR count). The summed E-state index contributed by atoms with van der Waals surface area (Å²) in [7, 11) is 0. The standard InChI is InChI=1S/C14H13FN2OS/c1-4-14(2,3)17-13(18)12-11(16)10-8(15)6-5-7-9(10)19-12/h1,5-7H,16H2,2-3H3,(H,17,18). The van der Waals surface area contributed by atoms with Gasteiger partial charge in [-0.2, -0.15) is 0 Å². The quantitative estimate of drug-likeness (QED) is 0.829. The summed E-state index contributed by atoms with van der Waals surface area (Å²) >= 11 is 1.15. The molecule has 2 aromatic rings. The lowest BCUT2D eigenvalue weighted by Gasteiger charge is -2.19. The molecular formula is C14H13FN2OS. The average molecular weight is 276 g/mol. The number of anilines is 1. The molecule has 1 aromatic carbocycles. The molecule has 0 unspecified atom stereocenters. The van der Waals surface area contributed by atoms with Crippen LogP contribution in [0.1, 0.15) is 23.5 Å². The Morgan fingerprint density at radius 1 is 1.53 bits per heavy atom. The summed E-state index contributed by atoms with van der Waals surface area (Å²) in [6.45, 7) is 3.41. The Labute approximate surface area is 114 Å². The molecule has 0 radical (unpaired) electrons. The number of carbonyl (C=O) groups excluding carboxylic acids is 1. The van der Waals surface area contributed by atoms with Crippen molar-refractivity contribution in [3.05, 3.63) is 28.9 Å². The van der Waals surface area contributed by atoms with E-state index in [1.54, 1.807) is 26.0 Å². The molecular weight excluding hydrogens is 263 g/mol. The maximum Gasteiger partial charge on any atom is 0.264 e. The number of nitrogens with two attached hydrogens (primary N) is 1. The first-order valence-corrected chi connectivity index (χ1v) is 6.44. The van der Waals surface area contributed by atoms with Crippen molar-refractivity contribution in [2.24, 2.45) is 0 Å². The van der Waals surface area contributed by atoms with E-state index in [0.29, 0.717) is 4.70 Å². The van der Waals surface area contributed by atoms with Gasteiger partial charge in [0.2, 0.25) is 0 Å². The molecule has 3 N–H and O–H groups in total. The third-order valence-electron chi connectivity index (χ3n) is 2.69. The lowest BCUT2D eigenvalue weighted by molar-refractivity contribution is 0.0935. The summed E-state index contributed by atoms with van der Waals surface area (Å²) in [5.74, 6) is 1.65. The minimum atomic E-state index is -0.780. The van der Waals surface area contributed by atoms with Crippen LogP contribution < -0.4 is 11.1 Å². The molecule has 0 aliphatic heterocycles. The van der Waals surface area contributed by atoms with Crippen molar-refractivity contribution in [3.8, 4) is 12.3 Å². The average Bonchev–Trinajstić information content (AvgIpc) is 2.68. The maximum atomic E-state index is 13.7. The number of halogens is 1. The lowest BCUT2D eigenvalue weighted by atomic mass is 10.1. The van der Waals surface area contributed by atoms with Crippen molar-refractivity contribution in [1.29, 1.82) is 0 Å². The molecule has 1 heterocycles. The summed E-state index contributed by atoms with van der Waals surface area (Å²) in [5.41, 5.74) is 5.24. The Bertz CT molecular complexity index is 697. The number of benzene rings is 1. The first-order valence-electron chi connectivity index (χ1n) is 5.62. The molecule has 98 valence electrons. The molecule has 0 saturated carbocycles. The van der Waals surface area contributed by atoms with Gasteiger partial charge >= 0.3 is 0 Å². The molecule has 0 aliphatic carbocycles.